The minimum atomic E-state index is -0.0279. The monoisotopic (exact) mass is 373 g/mol. The quantitative estimate of drug-likeness (QED) is 0.556. The van der Waals surface area contributed by atoms with Gasteiger partial charge in [-0.05, 0) is 67.3 Å². The highest BCUT2D eigenvalue weighted by Gasteiger charge is 2.26. The molecule has 0 bridgehead atoms. The number of aryl methyl sites for hydroxylation is 2. The molecule has 1 aliphatic rings. The van der Waals surface area contributed by atoms with Crippen LogP contribution in [-0.4, -0.2) is 22.6 Å². The first-order valence-electron chi connectivity index (χ1n) is 9.68. The molecule has 0 spiro atoms. The van der Waals surface area contributed by atoms with Crippen LogP contribution in [0.3, 0.4) is 0 Å². The lowest BCUT2D eigenvalue weighted by Gasteiger charge is -2.24. The Morgan fingerprint density at radius 1 is 1.21 bits per heavy atom. The van der Waals surface area contributed by atoms with Gasteiger partial charge in [0.25, 0.3) is 5.91 Å². The summed E-state index contributed by atoms with van der Waals surface area (Å²) >= 11 is 0. The number of carbonyl (C=O) groups is 1. The molecule has 0 saturated heterocycles. The summed E-state index contributed by atoms with van der Waals surface area (Å²) in [6, 6.07) is 14.0. The molecule has 1 atom stereocenters. The van der Waals surface area contributed by atoms with E-state index in [-0.39, 0.29) is 11.9 Å². The van der Waals surface area contributed by atoms with Crippen molar-refractivity contribution in [1.82, 2.24) is 14.9 Å². The summed E-state index contributed by atoms with van der Waals surface area (Å²) < 4.78 is 7.44. The number of hydrogen-bond donors (Lipinski definition) is 2. The average molecular weight is 373 g/mol. The molecule has 0 aliphatic heterocycles. The highest BCUT2D eigenvalue weighted by molar-refractivity contribution is 5.98. The van der Waals surface area contributed by atoms with Crippen LogP contribution in [-0.2, 0) is 13.5 Å². The Kier molecular flexibility index (Phi) is 3.90. The maximum absolute atomic E-state index is 12.9. The Labute approximate surface area is 163 Å². The van der Waals surface area contributed by atoms with Crippen molar-refractivity contribution in [3.05, 3.63) is 65.5 Å². The minimum Gasteiger partial charge on any atom is -0.497 e. The fourth-order valence-corrected chi connectivity index (χ4v) is 4.38. The van der Waals surface area contributed by atoms with E-state index in [1.807, 2.05) is 43.6 Å². The number of aromatic amines is 1. The van der Waals surface area contributed by atoms with Gasteiger partial charge in [-0.2, -0.15) is 0 Å². The van der Waals surface area contributed by atoms with Gasteiger partial charge in [-0.25, -0.2) is 0 Å². The number of nitrogens with zero attached hydrogens (tertiary/aromatic N) is 1. The molecular formula is C23H23N3O2. The Morgan fingerprint density at radius 2 is 2.11 bits per heavy atom. The van der Waals surface area contributed by atoms with E-state index in [1.165, 1.54) is 10.9 Å². The maximum atomic E-state index is 12.9. The number of methoxy groups -OCH3 is 1. The number of H-pyrrole nitrogens is 1. The van der Waals surface area contributed by atoms with Gasteiger partial charge in [0, 0.05) is 46.3 Å². The zero-order valence-electron chi connectivity index (χ0n) is 16.1. The molecule has 2 heterocycles. The second-order valence-corrected chi connectivity index (χ2v) is 7.55. The zero-order valence-corrected chi connectivity index (χ0v) is 16.1. The highest BCUT2D eigenvalue weighted by Crippen LogP contribution is 2.36. The predicted octanol–water partition coefficient (Wildman–Crippen LogP) is 4.48. The molecule has 2 aromatic heterocycles. The normalized spacial score (nSPS) is 16.3. The Bertz CT molecular complexity index is 1200. The number of carbonyl (C=O) groups excluding carboxylic acids is 1. The van der Waals surface area contributed by atoms with Crippen LogP contribution in [0.25, 0.3) is 21.8 Å². The second-order valence-electron chi connectivity index (χ2n) is 7.55. The number of amides is 1. The molecule has 142 valence electrons. The topological polar surface area (TPSA) is 59.0 Å². The number of benzene rings is 2. The van der Waals surface area contributed by atoms with Crippen molar-refractivity contribution in [2.45, 2.75) is 25.3 Å². The van der Waals surface area contributed by atoms with E-state index in [9.17, 15) is 4.79 Å². The molecule has 5 rings (SSSR count). The molecule has 2 N–H and O–H groups in total. The van der Waals surface area contributed by atoms with Gasteiger partial charge in [0.05, 0.1) is 13.2 Å². The van der Waals surface area contributed by atoms with Crippen LogP contribution in [0.1, 0.15) is 40.5 Å². The molecule has 1 aliphatic carbocycles. The SMILES string of the molecule is COc1ccc2[nH]c3c(c2c1)CCC[C@@H]3NC(=O)c1ccc2c(ccn2C)c1. The fourth-order valence-electron chi connectivity index (χ4n) is 4.38. The van der Waals surface area contributed by atoms with Gasteiger partial charge >= 0.3 is 0 Å². The smallest absolute Gasteiger partial charge is 0.251 e. The van der Waals surface area contributed by atoms with E-state index in [0.29, 0.717) is 5.56 Å². The van der Waals surface area contributed by atoms with Crippen LogP contribution < -0.4 is 10.1 Å². The number of rotatable bonds is 3. The molecule has 4 aromatic rings. The molecule has 28 heavy (non-hydrogen) atoms. The lowest BCUT2D eigenvalue weighted by atomic mass is 9.91. The fraction of sp³-hybridized carbons (Fsp3) is 0.261. The molecule has 1 amide bonds. The summed E-state index contributed by atoms with van der Waals surface area (Å²) in [5.41, 5.74) is 5.34. The van der Waals surface area contributed by atoms with Crippen molar-refractivity contribution in [3.63, 3.8) is 0 Å². The van der Waals surface area contributed by atoms with Crippen molar-refractivity contribution in [2.75, 3.05) is 7.11 Å². The average Bonchev–Trinajstić information content (AvgIpc) is 3.28. The standard InChI is InChI=1S/C23H23N3O2/c1-26-11-10-14-12-15(6-9-21(14)26)23(27)25-20-5-3-4-17-18-13-16(28-2)7-8-19(18)24-22(17)20/h6-13,20,24H,3-5H2,1-2H3,(H,25,27)/t20-/m0/s1. The Morgan fingerprint density at radius 3 is 2.96 bits per heavy atom. The van der Waals surface area contributed by atoms with Gasteiger partial charge in [0.15, 0.2) is 0 Å². The van der Waals surface area contributed by atoms with Crippen molar-refractivity contribution in [3.8, 4) is 5.75 Å². The van der Waals surface area contributed by atoms with E-state index >= 15 is 0 Å². The first-order chi connectivity index (χ1) is 13.6. The molecule has 2 aromatic carbocycles. The zero-order chi connectivity index (χ0) is 19.3. The number of ether oxygens (including phenoxy) is 1. The third kappa shape index (κ3) is 2.66. The highest BCUT2D eigenvalue weighted by atomic mass is 16.5. The molecule has 0 saturated carbocycles. The van der Waals surface area contributed by atoms with E-state index in [4.69, 9.17) is 4.74 Å². The molecule has 5 heteroatoms. The minimum absolute atomic E-state index is 0.00103. The largest absolute Gasteiger partial charge is 0.497 e. The van der Waals surface area contributed by atoms with Gasteiger partial charge in [-0.1, -0.05) is 0 Å². The summed E-state index contributed by atoms with van der Waals surface area (Å²) in [5, 5.41) is 5.52. The van der Waals surface area contributed by atoms with Gasteiger partial charge < -0.3 is 19.6 Å². The van der Waals surface area contributed by atoms with Crippen LogP contribution in [0.4, 0.5) is 0 Å². The van der Waals surface area contributed by atoms with E-state index in [0.717, 1.165) is 47.1 Å². The van der Waals surface area contributed by atoms with Gasteiger partial charge in [-0.3, -0.25) is 4.79 Å². The van der Waals surface area contributed by atoms with Crippen molar-refractivity contribution >= 4 is 27.7 Å². The van der Waals surface area contributed by atoms with E-state index in [1.54, 1.807) is 7.11 Å². The molecular weight excluding hydrogens is 350 g/mol. The van der Waals surface area contributed by atoms with Crippen LogP contribution in [0.2, 0.25) is 0 Å². The Balaban J connectivity index is 1.46. The van der Waals surface area contributed by atoms with Crippen LogP contribution in [0.5, 0.6) is 5.75 Å². The first kappa shape index (κ1) is 16.9. The van der Waals surface area contributed by atoms with E-state index in [2.05, 4.69) is 27.0 Å². The van der Waals surface area contributed by atoms with Gasteiger partial charge in [0.2, 0.25) is 0 Å². The summed E-state index contributed by atoms with van der Waals surface area (Å²) in [6.45, 7) is 0. The Hall–Kier alpha value is -3.21. The number of nitrogens with one attached hydrogen (secondary N) is 2. The van der Waals surface area contributed by atoms with Crippen LogP contribution >= 0.6 is 0 Å². The number of hydrogen-bond acceptors (Lipinski definition) is 2. The van der Waals surface area contributed by atoms with Crippen molar-refractivity contribution in [2.24, 2.45) is 7.05 Å². The van der Waals surface area contributed by atoms with Crippen molar-refractivity contribution in [1.29, 1.82) is 0 Å². The molecule has 0 radical (unpaired) electrons. The van der Waals surface area contributed by atoms with Crippen LogP contribution in [0.15, 0.2) is 48.7 Å². The second kappa shape index (κ2) is 6.44. The lowest BCUT2D eigenvalue weighted by Crippen LogP contribution is -2.31. The third-order valence-electron chi connectivity index (χ3n) is 5.87. The number of fused-ring (bicyclic) bond motifs is 4. The van der Waals surface area contributed by atoms with Gasteiger partial charge in [0.1, 0.15) is 5.75 Å². The maximum Gasteiger partial charge on any atom is 0.251 e. The summed E-state index contributed by atoms with van der Waals surface area (Å²) in [7, 11) is 3.70. The summed E-state index contributed by atoms with van der Waals surface area (Å²) in [6.07, 6.45) is 5.03. The third-order valence-corrected chi connectivity index (χ3v) is 5.87. The molecule has 0 fully saturated rings. The van der Waals surface area contributed by atoms with Crippen LogP contribution in [0, 0.1) is 0 Å². The molecule has 0 unspecified atom stereocenters. The summed E-state index contributed by atoms with van der Waals surface area (Å²) in [5.74, 6) is 0.830. The van der Waals surface area contributed by atoms with Crippen molar-refractivity contribution < 1.29 is 9.53 Å². The van der Waals surface area contributed by atoms with E-state index < -0.39 is 0 Å². The first-order valence-corrected chi connectivity index (χ1v) is 9.68. The molecule has 5 nitrogen and oxygen atoms in total. The summed E-state index contributed by atoms with van der Waals surface area (Å²) in [4.78, 5) is 16.5. The predicted molar refractivity (Wildman–Crippen MR) is 111 cm³/mol. The number of aromatic nitrogens is 2. The lowest BCUT2D eigenvalue weighted by molar-refractivity contribution is 0.0932. The van der Waals surface area contributed by atoms with Gasteiger partial charge in [-0.15, -0.1) is 0 Å².